The van der Waals surface area contributed by atoms with Crippen LogP contribution in [0.25, 0.3) is 0 Å². The quantitative estimate of drug-likeness (QED) is 0.370. The van der Waals surface area contributed by atoms with Gasteiger partial charge in [-0.05, 0) is 60.2 Å². The van der Waals surface area contributed by atoms with Gasteiger partial charge in [0.1, 0.15) is 12.7 Å². The van der Waals surface area contributed by atoms with Crippen LogP contribution in [0.15, 0.2) is 64.4 Å². The normalized spacial score (nSPS) is 17.6. The zero-order valence-corrected chi connectivity index (χ0v) is 22.8. The van der Waals surface area contributed by atoms with Crippen molar-refractivity contribution < 1.29 is 27.5 Å². The number of pyridine rings is 1. The monoisotopic (exact) mass is 575 g/mol. The second-order valence-electron chi connectivity index (χ2n) is 9.20. The van der Waals surface area contributed by atoms with E-state index in [-0.39, 0.29) is 0 Å². The van der Waals surface area contributed by atoms with Crippen molar-refractivity contribution in [3.05, 3.63) is 92.9 Å². The molecule has 1 aromatic heterocycles. The summed E-state index contributed by atoms with van der Waals surface area (Å²) in [4.78, 5) is 40.2. The molecule has 0 radical (unpaired) electrons. The van der Waals surface area contributed by atoms with Gasteiger partial charge in [0, 0.05) is 22.9 Å². The van der Waals surface area contributed by atoms with Crippen molar-refractivity contribution >= 4 is 34.7 Å². The average molecular weight is 576 g/mol. The van der Waals surface area contributed by atoms with Crippen LogP contribution in [0.5, 0.6) is 5.75 Å². The molecule has 0 saturated heterocycles. The van der Waals surface area contributed by atoms with E-state index < -0.39 is 53.0 Å². The Kier molecular flexibility index (Phi) is 7.19. The standard InChI is InChI=1S/C27H24F3N3O4S2/c1-15-7-6-9-17-19(15)13-39-21-10-5-4-8-18(21)22(17)33-14-31(16(2)27(28,29)30)25(35)23-24(37-26(36)38-3)20(34)11-12-32(23)33/h4-12,16,22H,13-14H2,1-3H3/t16-,22+/m1/s1. The molecule has 2 atom stereocenters. The number of hydrogen-bond acceptors (Lipinski definition) is 7. The molecule has 3 aromatic rings. The molecule has 0 fully saturated rings. The van der Waals surface area contributed by atoms with Crippen LogP contribution in [0.2, 0.25) is 0 Å². The number of aryl methyl sites for hydroxylation is 1. The van der Waals surface area contributed by atoms with Crippen molar-refractivity contribution in [1.29, 1.82) is 0 Å². The molecule has 0 bridgehead atoms. The van der Waals surface area contributed by atoms with Crippen molar-refractivity contribution in [2.45, 2.75) is 42.8 Å². The molecule has 39 heavy (non-hydrogen) atoms. The molecule has 2 aliphatic heterocycles. The Bertz CT molecular complexity index is 1520. The summed E-state index contributed by atoms with van der Waals surface area (Å²) in [6.07, 6.45) is -1.96. The van der Waals surface area contributed by atoms with Crippen molar-refractivity contribution in [3.8, 4) is 5.75 Å². The zero-order chi connectivity index (χ0) is 28.1. The minimum absolute atomic E-state index is 0.428. The van der Waals surface area contributed by atoms with E-state index in [1.807, 2.05) is 49.4 Å². The topological polar surface area (TPSA) is 71.8 Å². The second kappa shape index (κ2) is 10.3. The summed E-state index contributed by atoms with van der Waals surface area (Å²) < 4.78 is 48.6. The molecule has 0 spiro atoms. The SMILES string of the molecule is CSC(=O)Oc1c2n(ccc1=O)N([C@@H]1c3ccccc3SCc3c(C)cccc31)CN([C@H](C)C(F)(F)F)C2=O. The van der Waals surface area contributed by atoms with E-state index in [2.05, 4.69) is 0 Å². The lowest BCUT2D eigenvalue weighted by Gasteiger charge is -2.46. The molecule has 2 aromatic carbocycles. The molecule has 204 valence electrons. The Morgan fingerprint density at radius 2 is 1.82 bits per heavy atom. The first-order valence-corrected chi connectivity index (χ1v) is 14.2. The number of rotatable bonds is 3. The molecular weight excluding hydrogens is 551 g/mol. The third kappa shape index (κ3) is 4.80. The zero-order valence-electron chi connectivity index (χ0n) is 21.2. The highest BCUT2D eigenvalue weighted by Gasteiger charge is 2.48. The third-order valence-corrected chi connectivity index (χ3v) is 8.52. The smallest absolute Gasteiger partial charge is 0.408 e. The van der Waals surface area contributed by atoms with E-state index in [0.717, 1.165) is 40.1 Å². The average Bonchev–Trinajstić information content (AvgIpc) is 3.07. The number of thioether (sulfide) groups is 2. The van der Waals surface area contributed by atoms with E-state index in [9.17, 15) is 27.6 Å². The number of amides is 1. The maximum atomic E-state index is 14.0. The van der Waals surface area contributed by atoms with Crippen molar-refractivity contribution in [3.63, 3.8) is 0 Å². The fraction of sp³-hybridized carbons (Fsp3) is 0.296. The fourth-order valence-corrected chi connectivity index (χ4v) is 6.28. The molecule has 0 N–H and O–H groups in total. The van der Waals surface area contributed by atoms with E-state index in [1.165, 1.54) is 17.1 Å². The van der Waals surface area contributed by atoms with Crippen molar-refractivity contribution in [2.75, 3.05) is 17.9 Å². The number of carbonyl (C=O) groups excluding carboxylic acids is 2. The summed E-state index contributed by atoms with van der Waals surface area (Å²) in [6, 6.07) is 11.8. The fourth-order valence-electron chi connectivity index (χ4n) is 4.90. The van der Waals surface area contributed by atoms with Gasteiger partial charge in [-0.15, -0.1) is 11.8 Å². The maximum absolute atomic E-state index is 14.0. The van der Waals surface area contributed by atoms with Gasteiger partial charge in [-0.25, -0.2) is 4.79 Å². The van der Waals surface area contributed by atoms with Crippen molar-refractivity contribution in [2.24, 2.45) is 0 Å². The summed E-state index contributed by atoms with van der Waals surface area (Å²) in [6.45, 7) is 2.45. The number of fused-ring (bicyclic) bond motifs is 3. The van der Waals surface area contributed by atoms with Crippen LogP contribution in [-0.4, -0.2) is 45.9 Å². The van der Waals surface area contributed by atoms with Crippen LogP contribution < -0.4 is 15.2 Å². The highest BCUT2D eigenvalue weighted by molar-refractivity contribution is 8.12. The molecule has 12 heteroatoms. The van der Waals surface area contributed by atoms with Gasteiger partial charge in [0.15, 0.2) is 5.69 Å². The summed E-state index contributed by atoms with van der Waals surface area (Å²) >= 11 is 2.30. The number of hydrogen-bond donors (Lipinski definition) is 0. The number of halogens is 3. The van der Waals surface area contributed by atoms with Crippen LogP contribution in [0.4, 0.5) is 18.0 Å². The Hall–Kier alpha value is -3.38. The van der Waals surface area contributed by atoms with Gasteiger partial charge in [0.05, 0.1) is 6.04 Å². The largest absolute Gasteiger partial charge is 0.412 e. The van der Waals surface area contributed by atoms with Crippen molar-refractivity contribution in [1.82, 2.24) is 9.58 Å². The highest BCUT2D eigenvalue weighted by Crippen LogP contribution is 2.44. The van der Waals surface area contributed by atoms with Gasteiger partial charge in [0.2, 0.25) is 11.2 Å². The lowest BCUT2D eigenvalue weighted by molar-refractivity contribution is -0.173. The number of carbonyl (C=O) groups is 2. The summed E-state index contributed by atoms with van der Waals surface area (Å²) in [7, 11) is 0. The minimum atomic E-state index is -4.74. The first-order valence-electron chi connectivity index (χ1n) is 12.0. The van der Waals surface area contributed by atoms with Gasteiger partial charge in [-0.3, -0.25) is 19.3 Å². The Balaban J connectivity index is 1.80. The number of nitrogens with zero attached hydrogens (tertiary/aromatic N) is 3. The maximum Gasteiger partial charge on any atom is 0.408 e. The van der Waals surface area contributed by atoms with Gasteiger partial charge < -0.3 is 9.64 Å². The molecule has 7 nitrogen and oxygen atoms in total. The molecule has 3 heterocycles. The molecular formula is C27H24F3N3O4S2. The first kappa shape index (κ1) is 27.2. The molecule has 2 aliphatic rings. The van der Waals surface area contributed by atoms with Crippen LogP contribution in [0.3, 0.4) is 0 Å². The van der Waals surface area contributed by atoms with Gasteiger partial charge in [0.25, 0.3) is 5.91 Å². The Morgan fingerprint density at radius 1 is 1.10 bits per heavy atom. The molecule has 0 aliphatic carbocycles. The Morgan fingerprint density at radius 3 is 2.54 bits per heavy atom. The van der Waals surface area contributed by atoms with E-state index in [1.54, 1.807) is 16.8 Å². The van der Waals surface area contributed by atoms with E-state index >= 15 is 0 Å². The number of ether oxygens (including phenoxy) is 1. The summed E-state index contributed by atoms with van der Waals surface area (Å²) in [5.74, 6) is -1.01. The van der Waals surface area contributed by atoms with Crippen LogP contribution in [0, 0.1) is 6.92 Å². The molecule has 5 rings (SSSR count). The highest BCUT2D eigenvalue weighted by atomic mass is 32.2. The van der Waals surface area contributed by atoms with Gasteiger partial charge in [-0.1, -0.05) is 36.4 Å². The first-order chi connectivity index (χ1) is 18.5. The molecule has 0 unspecified atom stereocenters. The molecule has 0 saturated carbocycles. The predicted molar refractivity (Wildman–Crippen MR) is 144 cm³/mol. The second-order valence-corrected chi connectivity index (χ2v) is 11.0. The lowest BCUT2D eigenvalue weighted by Crippen LogP contribution is -2.60. The van der Waals surface area contributed by atoms with Crippen LogP contribution >= 0.6 is 23.5 Å². The number of benzene rings is 2. The predicted octanol–water partition coefficient (Wildman–Crippen LogP) is 5.72. The number of alkyl halides is 3. The van der Waals surface area contributed by atoms with Crippen LogP contribution in [0.1, 0.15) is 45.7 Å². The lowest BCUT2D eigenvalue weighted by atomic mass is 9.92. The third-order valence-electron chi connectivity index (χ3n) is 6.99. The summed E-state index contributed by atoms with van der Waals surface area (Å²) in [5, 5.41) is 0.760. The number of aromatic nitrogens is 1. The van der Waals surface area contributed by atoms with Crippen LogP contribution in [-0.2, 0) is 5.75 Å². The van der Waals surface area contributed by atoms with Gasteiger partial charge in [-0.2, -0.15) is 13.2 Å². The minimum Gasteiger partial charge on any atom is -0.412 e. The Labute approximate surface area is 230 Å². The summed E-state index contributed by atoms with van der Waals surface area (Å²) in [5.41, 5.74) is 2.55. The van der Waals surface area contributed by atoms with E-state index in [0.29, 0.717) is 22.4 Å². The van der Waals surface area contributed by atoms with E-state index in [4.69, 9.17) is 4.74 Å². The molecule has 1 amide bonds. The van der Waals surface area contributed by atoms with Gasteiger partial charge >= 0.3 is 11.5 Å².